The third-order valence-corrected chi connectivity index (χ3v) is 5.07. The Balaban J connectivity index is 0.00000280. The molecule has 0 atom stereocenters. The summed E-state index contributed by atoms with van der Waals surface area (Å²) in [5, 5.41) is 11.1. The van der Waals surface area contributed by atoms with Gasteiger partial charge in [0.1, 0.15) is 0 Å². The number of aliphatic imine (C=N–C) groups is 1. The molecule has 1 aromatic heterocycles. The molecule has 0 aliphatic carbocycles. The van der Waals surface area contributed by atoms with Crippen LogP contribution in [0.2, 0.25) is 0 Å². The molecule has 28 heavy (non-hydrogen) atoms. The van der Waals surface area contributed by atoms with E-state index in [2.05, 4.69) is 64.2 Å². The summed E-state index contributed by atoms with van der Waals surface area (Å²) >= 11 is 1.77. The number of nitrogens with one attached hydrogen (secondary N) is 2. The highest BCUT2D eigenvalue weighted by Gasteiger charge is 2.05. The highest BCUT2D eigenvalue weighted by molar-refractivity contribution is 14.0. The van der Waals surface area contributed by atoms with Crippen molar-refractivity contribution in [2.75, 3.05) is 13.3 Å². The first kappa shape index (κ1) is 22.3. The van der Waals surface area contributed by atoms with E-state index in [1.807, 2.05) is 29.1 Å². The molecule has 0 bridgehead atoms. The number of thioether (sulfide) groups is 1. The first-order valence-electron chi connectivity index (χ1n) is 8.86. The second-order valence-corrected chi connectivity index (χ2v) is 7.06. The molecule has 0 unspecified atom stereocenters. The average molecular weight is 507 g/mol. The topological polar surface area (TPSA) is 54.2 Å². The third kappa shape index (κ3) is 6.00. The molecule has 5 nitrogen and oxygen atoms in total. The van der Waals surface area contributed by atoms with Crippen molar-refractivity contribution in [3.63, 3.8) is 0 Å². The van der Waals surface area contributed by atoms with Gasteiger partial charge in [-0.15, -0.1) is 35.7 Å². The molecule has 1 heterocycles. The summed E-state index contributed by atoms with van der Waals surface area (Å²) in [4.78, 5) is 5.63. The number of aromatic nitrogens is 2. The van der Waals surface area contributed by atoms with Gasteiger partial charge in [0.25, 0.3) is 0 Å². The second kappa shape index (κ2) is 11.1. The van der Waals surface area contributed by atoms with Crippen molar-refractivity contribution in [2.24, 2.45) is 4.99 Å². The van der Waals surface area contributed by atoms with Crippen LogP contribution in [0.15, 0.2) is 70.8 Å². The lowest BCUT2D eigenvalue weighted by Gasteiger charge is -2.14. The third-order valence-electron chi connectivity index (χ3n) is 4.25. The molecule has 0 saturated heterocycles. The average Bonchev–Trinajstić information content (AvgIpc) is 3.24. The van der Waals surface area contributed by atoms with Crippen molar-refractivity contribution in [1.82, 2.24) is 20.4 Å². The minimum atomic E-state index is 0. The van der Waals surface area contributed by atoms with Gasteiger partial charge in [0, 0.05) is 37.4 Å². The predicted molar refractivity (Wildman–Crippen MR) is 129 cm³/mol. The normalized spacial score (nSPS) is 11.0. The first-order chi connectivity index (χ1) is 13.2. The van der Waals surface area contributed by atoms with Crippen molar-refractivity contribution >= 4 is 41.7 Å². The molecule has 2 N–H and O–H groups in total. The lowest BCUT2D eigenvalue weighted by molar-refractivity contribution is 0.799. The van der Waals surface area contributed by atoms with Gasteiger partial charge < -0.3 is 10.6 Å². The predicted octanol–water partition coefficient (Wildman–Crippen LogP) is 4.39. The molecular weight excluding hydrogens is 481 g/mol. The molecule has 3 rings (SSSR count). The minimum absolute atomic E-state index is 0. The van der Waals surface area contributed by atoms with Crippen molar-refractivity contribution in [3.05, 3.63) is 77.6 Å². The lowest BCUT2D eigenvalue weighted by atomic mass is 10.1. The zero-order valence-electron chi connectivity index (χ0n) is 16.3. The minimum Gasteiger partial charge on any atom is -0.352 e. The van der Waals surface area contributed by atoms with Gasteiger partial charge in [0.05, 0.1) is 5.69 Å². The van der Waals surface area contributed by atoms with Gasteiger partial charge in [-0.1, -0.05) is 24.3 Å². The summed E-state index contributed by atoms with van der Waals surface area (Å²) in [5.41, 5.74) is 4.78. The summed E-state index contributed by atoms with van der Waals surface area (Å²) in [6.07, 6.45) is 5.83. The van der Waals surface area contributed by atoms with Gasteiger partial charge >= 0.3 is 0 Å². The van der Waals surface area contributed by atoms with Gasteiger partial charge in [0.15, 0.2) is 5.96 Å². The van der Waals surface area contributed by atoms with E-state index in [9.17, 15) is 0 Å². The molecule has 0 aliphatic heterocycles. The fourth-order valence-corrected chi connectivity index (χ4v) is 3.52. The van der Waals surface area contributed by atoms with Crippen molar-refractivity contribution in [3.8, 4) is 5.69 Å². The maximum atomic E-state index is 4.33. The van der Waals surface area contributed by atoms with Gasteiger partial charge in [0.2, 0.25) is 0 Å². The maximum absolute atomic E-state index is 4.33. The number of aryl methyl sites for hydroxylation is 1. The number of guanidine groups is 1. The Morgan fingerprint density at radius 1 is 1.11 bits per heavy atom. The summed E-state index contributed by atoms with van der Waals surface area (Å²) < 4.78 is 1.86. The van der Waals surface area contributed by atoms with E-state index in [0.717, 1.165) is 18.2 Å². The fourth-order valence-electron chi connectivity index (χ4n) is 2.81. The van der Waals surface area contributed by atoms with Crippen LogP contribution in [-0.4, -0.2) is 29.0 Å². The molecule has 0 fully saturated rings. The molecule has 7 heteroatoms. The Hall–Kier alpha value is -2.00. The Bertz CT molecular complexity index is 909. The number of rotatable bonds is 6. The van der Waals surface area contributed by atoms with Crippen LogP contribution in [0.3, 0.4) is 0 Å². The summed E-state index contributed by atoms with van der Waals surface area (Å²) in [7, 11) is 1.79. The van der Waals surface area contributed by atoms with Gasteiger partial charge in [-0.25, -0.2) is 4.68 Å². The fraction of sp³-hybridized carbons (Fsp3) is 0.238. The lowest BCUT2D eigenvalue weighted by Crippen LogP contribution is -2.36. The SMILES string of the molecule is CN=C(NCc1cccc(-n2cccn2)c1)NCc1ccc(C)cc1SC.I. The van der Waals surface area contributed by atoms with E-state index < -0.39 is 0 Å². The van der Waals surface area contributed by atoms with Gasteiger partial charge in [-0.3, -0.25) is 4.99 Å². The number of benzene rings is 2. The Kier molecular flexibility index (Phi) is 8.85. The van der Waals surface area contributed by atoms with Crippen molar-refractivity contribution in [2.45, 2.75) is 24.9 Å². The van der Waals surface area contributed by atoms with E-state index in [-0.39, 0.29) is 24.0 Å². The molecule has 3 aromatic rings. The maximum Gasteiger partial charge on any atom is 0.191 e. The van der Waals surface area contributed by atoms with E-state index in [1.54, 1.807) is 25.0 Å². The van der Waals surface area contributed by atoms with E-state index in [4.69, 9.17) is 0 Å². The molecule has 148 valence electrons. The molecule has 0 amide bonds. The molecule has 0 spiro atoms. The van der Waals surface area contributed by atoms with Crippen LogP contribution in [0.1, 0.15) is 16.7 Å². The summed E-state index contributed by atoms with van der Waals surface area (Å²) in [6, 6.07) is 16.8. The van der Waals surface area contributed by atoms with Crippen molar-refractivity contribution < 1.29 is 0 Å². The number of halogens is 1. The molecular formula is C21H26IN5S. The van der Waals surface area contributed by atoms with Crippen LogP contribution in [-0.2, 0) is 13.1 Å². The highest BCUT2D eigenvalue weighted by atomic mass is 127. The second-order valence-electron chi connectivity index (χ2n) is 6.22. The zero-order valence-corrected chi connectivity index (χ0v) is 19.5. The molecule has 2 aromatic carbocycles. The molecule has 0 radical (unpaired) electrons. The number of nitrogens with zero attached hydrogens (tertiary/aromatic N) is 3. The van der Waals surface area contributed by atoms with E-state index in [0.29, 0.717) is 6.54 Å². The Morgan fingerprint density at radius 2 is 1.93 bits per heavy atom. The van der Waals surface area contributed by atoms with Crippen LogP contribution in [0, 0.1) is 6.92 Å². The van der Waals surface area contributed by atoms with E-state index >= 15 is 0 Å². The van der Waals surface area contributed by atoms with Gasteiger partial charge in [-0.05, 0) is 54.1 Å². The van der Waals surface area contributed by atoms with Crippen molar-refractivity contribution in [1.29, 1.82) is 0 Å². The zero-order chi connectivity index (χ0) is 19.1. The largest absolute Gasteiger partial charge is 0.352 e. The molecule has 0 saturated carbocycles. The van der Waals surface area contributed by atoms with Crippen LogP contribution in [0.4, 0.5) is 0 Å². The summed E-state index contributed by atoms with van der Waals surface area (Å²) in [5.74, 6) is 0.784. The van der Waals surface area contributed by atoms with Crippen LogP contribution < -0.4 is 10.6 Å². The quantitative estimate of drug-likeness (QED) is 0.225. The highest BCUT2D eigenvalue weighted by Crippen LogP contribution is 2.21. The molecule has 0 aliphatic rings. The first-order valence-corrected chi connectivity index (χ1v) is 10.1. The smallest absolute Gasteiger partial charge is 0.191 e. The Morgan fingerprint density at radius 3 is 2.64 bits per heavy atom. The number of hydrogen-bond donors (Lipinski definition) is 2. The number of hydrogen-bond acceptors (Lipinski definition) is 3. The standard InChI is InChI=1S/C21H25N5S.HI/c1-16-8-9-18(20(12-16)27-3)15-24-21(22-2)23-14-17-6-4-7-19(13-17)26-11-5-10-25-26;/h4-13H,14-15H2,1-3H3,(H2,22,23,24);1H. The monoisotopic (exact) mass is 507 g/mol. The summed E-state index contributed by atoms with van der Waals surface area (Å²) in [6.45, 7) is 3.55. The van der Waals surface area contributed by atoms with Crippen LogP contribution in [0.25, 0.3) is 5.69 Å². The Labute approximate surface area is 188 Å². The van der Waals surface area contributed by atoms with Crippen LogP contribution >= 0.6 is 35.7 Å². The van der Waals surface area contributed by atoms with E-state index in [1.165, 1.54) is 21.6 Å². The van der Waals surface area contributed by atoms with Crippen LogP contribution in [0.5, 0.6) is 0 Å². The van der Waals surface area contributed by atoms with Gasteiger partial charge in [-0.2, -0.15) is 5.10 Å².